The molecule has 0 aromatic heterocycles. The molecule has 1 aromatic carbocycles. The van der Waals surface area contributed by atoms with Gasteiger partial charge in [-0.05, 0) is 24.9 Å². The average Bonchev–Trinajstić information content (AvgIpc) is 2.88. The first-order valence-electron chi connectivity index (χ1n) is 6.78. The SMILES string of the molecule is CC(c1ccccc1)C(C(=O)O)N1CCCC1C(=O)O. The molecule has 1 saturated heterocycles. The number of hydrogen-bond donors (Lipinski definition) is 2. The van der Waals surface area contributed by atoms with Crippen LogP contribution in [0.25, 0.3) is 0 Å². The zero-order valence-electron chi connectivity index (χ0n) is 11.4. The summed E-state index contributed by atoms with van der Waals surface area (Å²) in [7, 11) is 0. The summed E-state index contributed by atoms with van der Waals surface area (Å²) < 4.78 is 0. The number of carboxylic acids is 2. The lowest BCUT2D eigenvalue weighted by molar-refractivity contribution is -0.149. The lowest BCUT2D eigenvalue weighted by Crippen LogP contribution is -2.49. The fourth-order valence-corrected chi connectivity index (χ4v) is 2.97. The summed E-state index contributed by atoms with van der Waals surface area (Å²) >= 11 is 0. The molecule has 20 heavy (non-hydrogen) atoms. The molecule has 5 nitrogen and oxygen atoms in total. The second-order valence-electron chi connectivity index (χ2n) is 5.22. The van der Waals surface area contributed by atoms with E-state index in [4.69, 9.17) is 0 Å². The normalized spacial score (nSPS) is 22.4. The summed E-state index contributed by atoms with van der Waals surface area (Å²) in [6.45, 7) is 2.36. The summed E-state index contributed by atoms with van der Waals surface area (Å²) in [5.74, 6) is -2.16. The van der Waals surface area contributed by atoms with Gasteiger partial charge in [0.05, 0.1) is 0 Å². The highest BCUT2D eigenvalue weighted by atomic mass is 16.4. The molecule has 2 N–H and O–H groups in total. The van der Waals surface area contributed by atoms with Gasteiger partial charge in [-0.3, -0.25) is 14.5 Å². The van der Waals surface area contributed by atoms with E-state index in [1.165, 1.54) is 0 Å². The molecule has 1 aliphatic heterocycles. The number of hydrogen-bond acceptors (Lipinski definition) is 3. The molecule has 108 valence electrons. The number of nitrogens with zero attached hydrogens (tertiary/aromatic N) is 1. The van der Waals surface area contributed by atoms with E-state index >= 15 is 0 Å². The van der Waals surface area contributed by atoms with Crippen LogP contribution in [0, 0.1) is 0 Å². The van der Waals surface area contributed by atoms with Gasteiger partial charge in [0.2, 0.25) is 0 Å². The van der Waals surface area contributed by atoms with Crippen LogP contribution in [0.5, 0.6) is 0 Å². The molecular weight excluding hydrogens is 258 g/mol. The number of benzene rings is 1. The maximum Gasteiger partial charge on any atom is 0.321 e. The second kappa shape index (κ2) is 6.05. The molecule has 0 saturated carbocycles. The van der Waals surface area contributed by atoms with E-state index in [1.54, 1.807) is 4.90 Å². The van der Waals surface area contributed by atoms with Crippen molar-refractivity contribution in [1.82, 2.24) is 4.90 Å². The van der Waals surface area contributed by atoms with Gasteiger partial charge in [-0.2, -0.15) is 0 Å². The minimum absolute atomic E-state index is 0.256. The first-order valence-corrected chi connectivity index (χ1v) is 6.78. The van der Waals surface area contributed by atoms with Crippen molar-refractivity contribution in [2.45, 2.75) is 37.8 Å². The molecule has 1 heterocycles. The Morgan fingerprint density at radius 1 is 1.25 bits per heavy atom. The fourth-order valence-electron chi connectivity index (χ4n) is 2.97. The lowest BCUT2D eigenvalue weighted by Gasteiger charge is -2.32. The third-order valence-electron chi connectivity index (χ3n) is 3.99. The van der Waals surface area contributed by atoms with Crippen LogP contribution >= 0.6 is 0 Å². The van der Waals surface area contributed by atoms with Crippen LogP contribution < -0.4 is 0 Å². The second-order valence-corrected chi connectivity index (χ2v) is 5.22. The Labute approximate surface area is 117 Å². The van der Waals surface area contributed by atoms with Gasteiger partial charge >= 0.3 is 11.9 Å². The van der Waals surface area contributed by atoms with E-state index < -0.39 is 24.0 Å². The zero-order chi connectivity index (χ0) is 14.7. The highest BCUT2D eigenvalue weighted by molar-refractivity contribution is 5.78. The largest absolute Gasteiger partial charge is 0.480 e. The number of carbonyl (C=O) groups is 2. The molecule has 3 atom stereocenters. The molecule has 1 aromatic rings. The van der Waals surface area contributed by atoms with E-state index in [2.05, 4.69) is 0 Å². The van der Waals surface area contributed by atoms with Crippen molar-refractivity contribution in [3.8, 4) is 0 Å². The van der Waals surface area contributed by atoms with Crippen molar-refractivity contribution < 1.29 is 19.8 Å². The number of likely N-dealkylation sites (tertiary alicyclic amines) is 1. The van der Waals surface area contributed by atoms with E-state index in [-0.39, 0.29) is 5.92 Å². The topological polar surface area (TPSA) is 77.8 Å². The van der Waals surface area contributed by atoms with Crippen molar-refractivity contribution in [3.05, 3.63) is 35.9 Å². The quantitative estimate of drug-likeness (QED) is 0.858. The van der Waals surface area contributed by atoms with Crippen LogP contribution in [0.3, 0.4) is 0 Å². The fraction of sp³-hybridized carbons (Fsp3) is 0.467. The van der Waals surface area contributed by atoms with Crippen LogP contribution in [0.15, 0.2) is 30.3 Å². The van der Waals surface area contributed by atoms with Gasteiger partial charge in [0.15, 0.2) is 0 Å². The van der Waals surface area contributed by atoms with Gasteiger partial charge in [-0.1, -0.05) is 37.3 Å². The summed E-state index contributed by atoms with van der Waals surface area (Å²) in [6, 6.07) is 7.87. The van der Waals surface area contributed by atoms with Gasteiger partial charge in [-0.25, -0.2) is 0 Å². The van der Waals surface area contributed by atoms with E-state index in [0.29, 0.717) is 13.0 Å². The molecule has 3 unspecified atom stereocenters. The van der Waals surface area contributed by atoms with Crippen molar-refractivity contribution in [1.29, 1.82) is 0 Å². The highest BCUT2D eigenvalue weighted by Crippen LogP contribution is 2.29. The standard InChI is InChI=1S/C15H19NO4/c1-10(11-6-3-2-4-7-11)13(15(19)20)16-9-5-8-12(16)14(17)18/h2-4,6-7,10,12-13H,5,8-9H2,1H3,(H,17,18)(H,19,20). The van der Waals surface area contributed by atoms with Gasteiger partial charge in [0.25, 0.3) is 0 Å². The van der Waals surface area contributed by atoms with Crippen LogP contribution in [0.1, 0.15) is 31.2 Å². The summed E-state index contributed by atoms with van der Waals surface area (Å²) in [5.41, 5.74) is 0.913. The Morgan fingerprint density at radius 2 is 1.90 bits per heavy atom. The molecule has 0 radical (unpaired) electrons. The first-order chi connectivity index (χ1) is 9.52. The molecule has 2 rings (SSSR count). The molecule has 0 bridgehead atoms. The van der Waals surface area contributed by atoms with Crippen molar-refractivity contribution >= 4 is 11.9 Å². The molecule has 5 heteroatoms. The van der Waals surface area contributed by atoms with Crippen molar-refractivity contribution in [2.24, 2.45) is 0 Å². The van der Waals surface area contributed by atoms with Gasteiger partial charge in [0.1, 0.15) is 12.1 Å². The number of carboxylic acid groups (broad SMARTS) is 2. The average molecular weight is 277 g/mol. The summed E-state index contributed by atoms with van der Waals surface area (Å²) in [4.78, 5) is 24.5. The Kier molecular flexibility index (Phi) is 4.39. The summed E-state index contributed by atoms with van der Waals surface area (Å²) in [5, 5.41) is 18.8. The summed E-state index contributed by atoms with van der Waals surface area (Å²) in [6.07, 6.45) is 1.24. The molecule has 1 aliphatic rings. The minimum Gasteiger partial charge on any atom is -0.480 e. The van der Waals surface area contributed by atoms with Crippen LogP contribution in [-0.4, -0.2) is 45.7 Å². The smallest absolute Gasteiger partial charge is 0.321 e. The lowest BCUT2D eigenvalue weighted by atomic mass is 9.91. The predicted molar refractivity (Wildman–Crippen MR) is 73.6 cm³/mol. The monoisotopic (exact) mass is 277 g/mol. The van der Waals surface area contributed by atoms with E-state index in [0.717, 1.165) is 12.0 Å². The van der Waals surface area contributed by atoms with Crippen molar-refractivity contribution in [3.63, 3.8) is 0 Å². The Morgan fingerprint density at radius 3 is 2.45 bits per heavy atom. The van der Waals surface area contributed by atoms with Gasteiger partial charge in [0, 0.05) is 5.92 Å². The van der Waals surface area contributed by atoms with E-state index in [9.17, 15) is 19.8 Å². The first kappa shape index (κ1) is 14.5. The molecular formula is C15H19NO4. The third-order valence-corrected chi connectivity index (χ3v) is 3.99. The Bertz CT molecular complexity index is 488. The molecule has 0 amide bonds. The number of aliphatic carboxylic acids is 2. The maximum absolute atomic E-state index is 11.6. The molecule has 0 aliphatic carbocycles. The third kappa shape index (κ3) is 2.82. The van der Waals surface area contributed by atoms with Crippen molar-refractivity contribution in [2.75, 3.05) is 6.54 Å². The van der Waals surface area contributed by atoms with Gasteiger partial charge in [-0.15, -0.1) is 0 Å². The van der Waals surface area contributed by atoms with Gasteiger partial charge < -0.3 is 10.2 Å². The molecule has 0 spiro atoms. The number of rotatable bonds is 5. The Hall–Kier alpha value is -1.88. The Balaban J connectivity index is 2.27. The van der Waals surface area contributed by atoms with E-state index in [1.807, 2.05) is 37.3 Å². The zero-order valence-corrected chi connectivity index (χ0v) is 11.4. The van der Waals surface area contributed by atoms with Crippen LogP contribution in [-0.2, 0) is 9.59 Å². The predicted octanol–water partition coefficient (Wildman–Crippen LogP) is 1.79. The van der Waals surface area contributed by atoms with Crippen LogP contribution in [0.2, 0.25) is 0 Å². The minimum atomic E-state index is -0.963. The maximum atomic E-state index is 11.6. The molecule has 1 fully saturated rings. The highest BCUT2D eigenvalue weighted by Gasteiger charge is 2.41. The van der Waals surface area contributed by atoms with Crippen LogP contribution in [0.4, 0.5) is 0 Å².